The third kappa shape index (κ3) is 1.62. The summed E-state index contributed by atoms with van der Waals surface area (Å²) in [4.78, 5) is 13.6. The first-order chi connectivity index (χ1) is 6.83. The number of carbonyl (C=O) groups excluding carboxylic acids is 1. The SMILES string of the molecule is O=C(c1ccon1)N1CCCC1CCl. The second-order valence-electron chi connectivity index (χ2n) is 3.33. The molecule has 5 heteroatoms. The Bertz CT molecular complexity index is 313. The molecule has 1 aliphatic rings. The second kappa shape index (κ2) is 4.00. The summed E-state index contributed by atoms with van der Waals surface area (Å²) in [5.41, 5.74) is 0.363. The zero-order valence-corrected chi connectivity index (χ0v) is 8.41. The molecule has 2 rings (SSSR count). The minimum Gasteiger partial charge on any atom is -0.364 e. The number of alkyl halides is 1. The first-order valence-corrected chi connectivity index (χ1v) is 5.13. The maximum absolute atomic E-state index is 11.8. The Morgan fingerprint density at radius 3 is 3.29 bits per heavy atom. The van der Waals surface area contributed by atoms with Crippen LogP contribution in [0, 0.1) is 0 Å². The minimum absolute atomic E-state index is 0.0816. The lowest BCUT2D eigenvalue weighted by Crippen LogP contribution is -2.36. The van der Waals surface area contributed by atoms with Gasteiger partial charge in [-0.05, 0) is 12.8 Å². The van der Waals surface area contributed by atoms with E-state index < -0.39 is 0 Å². The van der Waals surface area contributed by atoms with Gasteiger partial charge in [0.1, 0.15) is 6.26 Å². The zero-order chi connectivity index (χ0) is 9.97. The summed E-state index contributed by atoms with van der Waals surface area (Å²) < 4.78 is 4.63. The molecule has 0 N–H and O–H groups in total. The molecule has 0 spiro atoms. The quantitative estimate of drug-likeness (QED) is 0.702. The summed E-state index contributed by atoms with van der Waals surface area (Å²) in [7, 11) is 0. The van der Waals surface area contributed by atoms with Crippen LogP contribution in [0.2, 0.25) is 0 Å². The number of rotatable bonds is 2. The summed E-state index contributed by atoms with van der Waals surface area (Å²) in [5, 5.41) is 3.62. The van der Waals surface area contributed by atoms with Crippen molar-refractivity contribution in [2.45, 2.75) is 18.9 Å². The van der Waals surface area contributed by atoms with E-state index in [4.69, 9.17) is 11.6 Å². The van der Waals surface area contributed by atoms with Crippen molar-refractivity contribution in [1.82, 2.24) is 10.1 Å². The van der Waals surface area contributed by atoms with Crippen LogP contribution in [0.25, 0.3) is 0 Å². The van der Waals surface area contributed by atoms with Crippen molar-refractivity contribution in [3.63, 3.8) is 0 Å². The summed E-state index contributed by atoms with van der Waals surface area (Å²) in [6, 6.07) is 1.73. The standard InChI is InChI=1S/C9H11ClN2O2/c10-6-7-2-1-4-12(7)9(13)8-3-5-14-11-8/h3,5,7H,1-2,4,6H2. The topological polar surface area (TPSA) is 46.3 Å². The largest absolute Gasteiger partial charge is 0.364 e. The van der Waals surface area contributed by atoms with Gasteiger partial charge in [-0.15, -0.1) is 11.6 Å². The van der Waals surface area contributed by atoms with Crippen LogP contribution in [-0.4, -0.2) is 34.4 Å². The van der Waals surface area contributed by atoms with Gasteiger partial charge < -0.3 is 9.42 Å². The Kier molecular flexibility index (Phi) is 2.72. The fourth-order valence-electron chi connectivity index (χ4n) is 1.73. The number of aromatic nitrogens is 1. The molecule has 4 nitrogen and oxygen atoms in total. The normalized spacial score (nSPS) is 21.5. The van der Waals surface area contributed by atoms with Crippen molar-refractivity contribution in [3.8, 4) is 0 Å². The highest BCUT2D eigenvalue weighted by atomic mass is 35.5. The van der Waals surface area contributed by atoms with Gasteiger partial charge in [0.2, 0.25) is 0 Å². The van der Waals surface area contributed by atoms with E-state index in [1.165, 1.54) is 6.26 Å². The van der Waals surface area contributed by atoms with E-state index in [0.29, 0.717) is 11.6 Å². The first kappa shape index (κ1) is 9.52. The Hall–Kier alpha value is -1.03. The van der Waals surface area contributed by atoms with Crippen LogP contribution in [-0.2, 0) is 0 Å². The highest BCUT2D eigenvalue weighted by Gasteiger charge is 2.29. The van der Waals surface area contributed by atoms with E-state index in [1.807, 2.05) is 0 Å². The molecule has 1 aromatic heterocycles. The predicted molar refractivity (Wildman–Crippen MR) is 51.3 cm³/mol. The molecule has 1 amide bonds. The lowest BCUT2D eigenvalue weighted by molar-refractivity contribution is 0.0738. The van der Waals surface area contributed by atoms with Gasteiger partial charge >= 0.3 is 0 Å². The zero-order valence-electron chi connectivity index (χ0n) is 7.65. The maximum atomic E-state index is 11.8. The van der Waals surface area contributed by atoms with Crippen molar-refractivity contribution in [1.29, 1.82) is 0 Å². The highest BCUT2D eigenvalue weighted by Crippen LogP contribution is 2.20. The monoisotopic (exact) mass is 214 g/mol. The van der Waals surface area contributed by atoms with Gasteiger partial charge in [-0.25, -0.2) is 0 Å². The average Bonchev–Trinajstić information content (AvgIpc) is 2.87. The third-order valence-corrected chi connectivity index (χ3v) is 2.83. The number of carbonyl (C=O) groups is 1. The number of hydrogen-bond acceptors (Lipinski definition) is 3. The minimum atomic E-state index is -0.0816. The summed E-state index contributed by atoms with van der Waals surface area (Å²) >= 11 is 5.77. The Balaban J connectivity index is 2.11. The molecule has 0 bridgehead atoms. The molecule has 0 saturated carbocycles. The summed E-state index contributed by atoms with van der Waals surface area (Å²) in [6.07, 6.45) is 3.40. The van der Waals surface area contributed by atoms with E-state index in [-0.39, 0.29) is 11.9 Å². The van der Waals surface area contributed by atoms with Crippen molar-refractivity contribution < 1.29 is 9.32 Å². The number of amides is 1. The molecule has 1 atom stereocenters. The van der Waals surface area contributed by atoms with Gasteiger partial charge in [-0.1, -0.05) is 5.16 Å². The van der Waals surface area contributed by atoms with E-state index >= 15 is 0 Å². The van der Waals surface area contributed by atoms with Gasteiger partial charge in [-0.3, -0.25) is 4.79 Å². The Morgan fingerprint density at radius 1 is 1.79 bits per heavy atom. The van der Waals surface area contributed by atoms with Crippen LogP contribution >= 0.6 is 11.6 Å². The van der Waals surface area contributed by atoms with Gasteiger partial charge in [0.25, 0.3) is 5.91 Å². The molecule has 76 valence electrons. The smallest absolute Gasteiger partial charge is 0.276 e. The summed E-state index contributed by atoms with van der Waals surface area (Å²) in [6.45, 7) is 0.767. The van der Waals surface area contributed by atoms with Gasteiger partial charge in [-0.2, -0.15) is 0 Å². The lowest BCUT2D eigenvalue weighted by atomic mass is 10.2. The number of halogens is 1. The molecule has 0 radical (unpaired) electrons. The summed E-state index contributed by atoms with van der Waals surface area (Å²) in [5.74, 6) is 0.408. The molecular formula is C9H11ClN2O2. The Morgan fingerprint density at radius 2 is 2.64 bits per heavy atom. The van der Waals surface area contributed by atoms with Crippen molar-refractivity contribution in [2.24, 2.45) is 0 Å². The molecule has 0 aromatic carbocycles. The molecule has 0 aliphatic carbocycles. The van der Waals surface area contributed by atoms with Crippen LogP contribution in [0.5, 0.6) is 0 Å². The molecule has 14 heavy (non-hydrogen) atoms. The average molecular weight is 215 g/mol. The third-order valence-electron chi connectivity index (χ3n) is 2.47. The van der Waals surface area contributed by atoms with Crippen LogP contribution in [0.3, 0.4) is 0 Å². The molecular weight excluding hydrogens is 204 g/mol. The molecule has 1 aromatic rings. The van der Waals surface area contributed by atoms with Gasteiger partial charge in [0, 0.05) is 24.5 Å². The maximum Gasteiger partial charge on any atom is 0.276 e. The number of nitrogens with zero attached hydrogens (tertiary/aromatic N) is 2. The predicted octanol–water partition coefficient (Wildman–Crippen LogP) is 1.52. The van der Waals surface area contributed by atoms with Crippen molar-refractivity contribution in [3.05, 3.63) is 18.0 Å². The van der Waals surface area contributed by atoms with Gasteiger partial charge in [0.15, 0.2) is 5.69 Å². The molecule has 1 unspecified atom stereocenters. The van der Waals surface area contributed by atoms with Crippen LogP contribution in [0.15, 0.2) is 16.9 Å². The highest BCUT2D eigenvalue weighted by molar-refractivity contribution is 6.18. The fourth-order valence-corrected chi connectivity index (χ4v) is 2.05. The van der Waals surface area contributed by atoms with Crippen LogP contribution in [0.4, 0.5) is 0 Å². The van der Waals surface area contributed by atoms with Crippen molar-refractivity contribution >= 4 is 17.5 Å². The van der Waals surface area contributed by atoms with Gasteiger partial charge in [0.05, 0.1) is 0 Å². The van der Waals surface area contributed by atoms with E-state index in [2.05, 4.69) is 9.68 Å². The van der Waals surface area contributed by atoms with E-state index in [0.717, 1.165) is 19.4 Å². The van der Waals surface area contributed by atoms with Crippen LogP contribution < -0.4 is 0 Å². The lowest BCUT2D eigenvalue weighted by Gasteiger charge is -2.21. The second-order valence-corrected chi connectivity index (χ2v) is 3.64. The molecule has 1 aliphatic heterocycles. The van der Waals surface area contributed by atoms with Crippen LogP contribution in [0.1, 0.15) is 23.3 Å². The van der Waals surface area contributed by atoms with E-state index in [9.17, 15) is 4.79 Å². The first-order valence-electron chi connectivity index (χ1n) is 4.60. The number of likely N-dealkylation sites (tertiary alicyclic amines) is 1. The van der Waals surface area contributed by atoms with E-state index in [1.54, 1.807) is 11.0 Å². The molecule has 2 heterocycles. The molecule has 1 saturated heterocycles. The number of hydrogen-bond donors (Lipinski definition) is 0. The van der Waals surface area contributed by atoms with Crippen molar-refractivity contribution in [2.75, 3.05) is 12.4 Å². The molecule has 1 fully saturated rings. The Labute approximate surface area is 86.8 Å². The fraction of sp³-hybridized carbons (Fsp3) is 0.556.